The van der Waals surface area contributed by atoms with Gasteiger partial charge in [-0.05, 0) is 26.3 Å². The van der Waals surface area contributed by atoms with Gasteiger partial charge in [0.25, 0.3) is 0 Å². The predicted octanol–water partition coefficient (Wildman–Crippen LogP) is 2.18. The Morgan fingerprint density at radius 3 is 2.57 bits per heavy atom. The second-order valence-corrected chi connectivity index (χ2v) is 6.28. The molecule has 1 aromatic rings. The zero-order valence-corrected chi connectivity index (χ0v) is 12.8. The summed E-state index contributed by atoms with van der Waals surface area (Å²) in [6.45, 7) is 6.61. The summed E-state index contributed by atoms with van der Waals surface area (Å²) < 4.78 is 11.0. The van der Waals surface area contributed by atoms with Crippen LogP contribution in [0.25, 0.3) is 0 Å². The van der Waals surface area contributed by atoms with Crippen LogP contribution in [0.1, 0.15) is 26.3 Å². The van der Waals surface area contributed by atoms with Crippen molar-refractivity contribution < 1.29 is 19.4 Å². The van der Waals surface area contributed by atoms with Gasteiger partial charge < -0.3 is 19.5 Å². The molecule has 1 heterocycles. The summed E-state index contributed by atoms with van der Waals surface area (Å²) in [6, 6.07) is 9.51. The van der Waals surface area contributed by atoms with Gasteiger partial charge in [-0.25, -0.2) is 4.79 Å². The highest BCUT2D eigenvalue weighted by atomic mass is 16.6. The Labute approximate surface area is 125 Å². The van der Waals surface area contributed by atoms with E-state index in [1.165, 1.54) is 4.90 Å². The number of likely N-dealkylation sites (tertiary alicyclic amines) is 1. The monoisotopic (exact) mass is 293 g/mol. The number of β-amino-alcohol motifs (C(OH)–C–C–N with tert-alkyl or cyclic N) is 1. The number of ether oxygens (including phenoxy) is 2. The van der Waals surface area contributed by atoms with Gasteiger partial charge in [0.1, 0.15) is 12.7 Å². The number of rotatable bonds is 3. The van der Waals surface area contributed by atoms with Gasteiger partial charge in [-0.1, -0.05) is 30.3 Å². The summed E-state index contributed by atoms with van der Waals surface area (Å²) in [6.07, 6.45) is -1.46. The van der Waals surface area contributed by atoms with Crippen molar-refractivity contribution in [3.8, 4) is 0 Å². The van der Waals surface area contributed by atoms with Gasteiger partial charge in [-0.2, -0.15) is 0 Å². The van der Waals surface area contributed by atoms with Crippen molar-refractivity contribution in [1.29, 1.82) is 0 Å². The maximum Gasteiger partial charge on any atom is 0.410 e. The summed E-state index contributed by atoms with van der Waals surface area (Å²) in [5.41, 5.74) is 0.586. The summed E-state index contributed by atoms with van der Waals surface area (Å²) in [5.74, 6) is 0. The number of carbonyl (C=O) groups is 1. The molecular formula is C16H23NO4. The lowest BCUT2D eigenvalue weighted by molar-refractivity contribution is -0.0907. The zero-order chi connectivity index (χ0) is 15.5. The fraction of sp³-hybridized carbons (Fsp3) is 0.562. The average Bonchev–Trinajstić information content (AvgIpc) is 2.77. The molecule has 1 N–H and O–H groups in total. The number of nitrogens with zero attached hydrogens (tertiary/aromatic N) is 1. The summed E-state index contributed by atoms with van der Waals surface area (Å²) in [7, 11) is 0. The van der Waals surface area contributed by atoms with E-state index in [1.807, 2.05) is 51.1 Å². The molecule has 1 amide bonds. The highest BCUT2D eigenvalue weighted by Crippen LogP contribution is 2.20. The van der Waals surface area contributed by atoms with Crippen LogP contribution in [0.3, 0.4) is 0 Å². The summed E-state index contributed by atoms with van der Waals surface area (Å²) >= 11 is 0. The van der Waals surface area contributed by atoms with E-state index in [0.717, 1.165) is 5.56 Å². The van der Waals surface area contributed by atoms with E-state index >= 15 is 0 Å². The van der Waals surface area contributed by atoms with Crippen LogP contribution in [-0.4, -0.2) is 47.0 Å². The number of aliphatic hydroxyl groups excluding tert-OH is 1. The third-order valence-corrected chi connectivity index (χ3v) is 3.21. The molecule has 21 heavy (non-hydrogen) atoms. The molecule has 0 saturated carbocycles. The molecule has 1 fully saturated rings. The largest absolute Gasteiger partial charge is 0.445 e. The van der Waals surface area contributed by atoms with Crippen LogP contribution in [-0.2, 0) is 16.1 Å². The van der Waals surface area contributed by atoms with Gasteiger partial charge >= 0.3 is 6.09 Å². The molecule has 2 unspecified atom stereocenters. The molecule has 0 radical (unpaired) electrons. The minimum absolute atomic E-state index is 0.233. The van der Waals surface area contributed by atoms with Gasteiger partial charge in [0.2, 0.25) is 0 Å². The zero-order valence-electron chi connectivity index (χ0n) is 12.8. The molecule has 116 valence electrons. The Balaban J connectivity index is 1.84. The van der Waals surface area contributed by atoms with Crippen molar-refractivity contribution in [3.05, 3.63) is 35.9 Å². The van der Waals surface area contributed by atoms with Crippen LogP contribution in [0, 0.1) is 0 Å². The number of amides is 1. The smallest absolute Gasteiger partial charge is 0.410 e. The van der Waals surface area contributed by atoms with Crippen LogP contribution in [0.5, 0.6) is 0 Å². The Hall–Kier alpha value is -1.59. The van der Waals surface area contributed by atoms with Crippen molar-refractivity contribution in [3.63, 3.8) is 0 Å². The molecule has 0 spiro atoms. The molecule has 1 aliphatic rings. The molecule has 0 aliphatic carbocycles. The SMILES string of the molecule is CC(C)(C)OC1CN(C(=O)OCc2ccccc2)CC1O. The number of hydrogen-bond acceptors (Lipinski definition) is 4. The fourth-order valence-corrected chi connectivity index (χ4v) is 2.29. The fourth-order valence-electron chi connectivity index (χ4n) is 2.29. The maximum absolute atomic E-state index is 12.0. The van der Waals surface area contributed by atoms with Crippen molar-refractivity contribution in [2.45, 2.75) is 45.2 Å². The molecule has 1 saturated heterocycles. The second-order valence-electron chi connectivity index (χ2n) is 6.28. The first kappa shape index (κ1) is 15.8. The van der Waals surface area contributed by atoms with E-state index in [9.17, 15) is 9.90 Å². The van der Waals surface area contributed by atoms with E-state index < -0.39 is 12.2 Å². The van der Waals surface area contributed by atoms with Crippen LogP contribution in [0.2, 0.25) is 0 Å². The lowest BCUT2D eigenvalue weighted by atomic mass is 10.1. The normalized spacial score (nSPS) is 22.4. The standard InChI is InChI=1S/C16H23NO4/c1-16(2,3)21-14-10-17(9-13(14)18)15(19)20-11-12-7-5-4-6-8-12/h4-8,13-14,18H,9-11H2,1-3H3. The van der Waals surface area contributed by atoms with Gasteiger partial charge in [-0.3, -0.25) is 0 Å². The van der Waals surface area contributed by atoms with E-state index in [1.54, 1.807) is 0 Å². The summed E-state index contributed by atoms with van der Waals surface area (Å²) in [4.78, 5) is 13.5. The number of carbonyl (C=O) groups excluding carboxylic acids is 1. The molecule has 5 heteroatoms. The third kappa shape index (κ3) is 4.72. The van der Waals surface area contributed by atoms with Crippen molar-refractivity contribution in [2.24, 2.45) is 0 Å². The van der Waals surface area contributed by atoms with Gasteiger partial charge in [-0.15, -0.1) is 0 Å². The number of benzene rings is 1. The Kier molecular flexibility index (Phi) is 4.85. The second kappa shape index (κ2) is 6.45. The maximum atomic E-state index is 12.0. The minimum atomic E-state index is -0.673. The average molecular weight is 293 g/mol. The highest BCUT2D eigenvalue weighted by Gasteiger charge is 2.37. The first-order chi connectivity index (χ1) is 9.85. The lowest BCUT2D eigenvalue weighted by Gasteiger charge is -2.26. The first-order valence-corrected chi connectivity index (χ1v) is 7.17. The van der Waals surface area contributed by atoms with Gasteiger partial charge in [0, 0.05) is 0 Å². The molecule has 1 aliphatic heterocycles. The van der Waals surface area contributed by atoms with Crippen LogP contribution in [0.15, 0.2) is 30.3 Å². The van der Waals surface area contributed by atoms with Gasteiger partial charge in [0.15, 0.2) is 0 Å². The Morgan fingerprint density at radius 1 is 1.29 bits per heavy atom. The van der Waals surface area contributed by atoms with Crippen LogP contribution in [0.4, 0.5) is 4.79 Å². The quantitative estimate of drug-likeness (QED) is 0.928. The lowest BCUT2D eigenvalue weighted by Crippen LogP contribution is -2.35. The molecule has 5 nitrogen and oxygen atoms in total. The molecule has 1 aromatic carbocycles. The van der Waals surface area contributed by atoms with Crippen molar-refractivity contribution in [2.75, 3.05) is 13.1 Å². The first-order valence-electron chi connectivity index (χ1n) is 7.17. The van der Waals surface area contributed by atoms with Crippen LogP contribution < -0.4 is 0 Å². The molecule has 0 aromatic heterocycles. The van der Waals surface area contributed by atoms with E-state index in [0.29, 0.717) is 6.54 Å². The number of hydrogen-bond donors (Lipinski definition) is 1. The third-order valence-electron chi connectivity index (χ3n) is 3.21. The highest BCUT2D eigenvalue weighted by molar-refractivity contribution is 5.68. The molecule has 0 bridgehead atoms. The predicted molar refractivity (Wildman–Crippen MR) is 78.8 cm³/mol. The topological polar surface area (TPSA) is 59.0 Å². The van der Waals surface area contributed by atoms with Gasteiger partial charge in [0.05, 0.1) is 24.8 Å². The van der Waals surface area contributed by atoms with E-state index in [-0.39, 0.29) is 24.9 Å². The Bertz CT molecular complexity index is 469. The van der Waals surface area contributed by atoms with Crippen molar-refractivity contribution >= 4 is 6.09 Å². The minimum Gasteiger partial charge on any atom is -0.445 e. The van der Waals surface area contributed by atoms with E-state index in [2.05, 4.69) is 0 Å². The molecular weight excluding hydrogens is 270 g/mol. The molecule has 2 rings (SSSR count). The Morgan fingerprint density at radius 2 is 1.95 bits per heavy atom. The number of aliphatic hydroxyl groups is 1. The van der Waals surface area contributed by atoms with Crippen LogP contribution >= 0.6 is 0 Å². The summed E-state index contributed by atoms with van der Waals surface area (Å²) in [5, 5.41) is 9.98. The van der Waals surface area contributed by atoms with Crippen molar-refractivity contribution in [1.82, 2.24) is 4.90 Å². The van der Waals surface area contributed by atoms with E-state index in [4.69, 9.17) is 9.47 Å². The molecule has 2 atom stereocenters.